The van der Waals surface area contributed by atoms with Gasteiger partial charge in [0.2, 0.25) is 5.91 Å². The molecular weight excluding hydrogens is 240 g/mol. The summed E-state index contributed by atoms with van der Waals surface area (Å²) in [5.74, 6) is 0.143. The van der Waals surface area contributed by atoms with E-state index in [0.29, 0.717) is 0 Å². The zero-order valence-corrected chi connectivity index (χ0v) is 11.0. The number of phenolic OH excluding ortho intramolecular Hbond substituents is 1. The second-order valence-corrected chi connectivity index (χ2v) is 4.54. The lowest BCUT2D eigenvalue weighted by atomic mass is 10.1. The van der Waals surface area contributed by atoms with Crippen LogP contribution in [0.1, 0.15) is 16.7 Å². The molecule has 1 aromatic carbocycles. The van der Waals surface area contributed by atoms with Gasteiger partial charge in [-0.3, -0.25) is 9.78 Å². The van der Waals surface area contributed by atoms with Crippen molar-refractivity contribution in [1.29, 1.82) is 0 Å². The number of carbonyl (C=O) groups excluding carboxylic acids is 1. The van der Waals surface area contributed by atoms with Crippen molar-refractivity contribution in [2.45, 2.75) is 20.3 Å². The average Bonchev–Trinajstić information content (AvgIpc) is 2.37. The molecule has 1 heterocycles. The van der Waals surface area contributed by atoms with Crippen LogP contribution in [-0.4, -0.2) is 16.0 Å². The lowest BCUT2D eigenvalue weighted by Crippen LogP contribution is -2.15. The molecule has 0 aliphatic rings. The van der Waals surface area contributed by atoms with Gasteiger partial charge in [0.05, 0.1) is 6.42 Å². The molecule has 0 saturated heterocycles. The third kappa shape index (κ3) is 3.31. The van der Waals surface area contributed by atoms with Crippen molar-refractivity contribution in [2.75, 3.05) is 5.32 Å². The van der Waals surface area contributed by atoms with E-state index in [1.54, 1.807) is 37.5 Å². The number of pyridine rings is 1. The van der Waals surface area contributed by atoms with Crippen LogP contribution in [0.15, 0.2) is 36.7 Å². The summed E-state index contributed by atoms with van der Waals surface area (Å²) < 4.78 is 0. The molecule has 0 aliphatic carbocycles. The van der Waals surface area contributed by atoms with Gasteiger partial charge in [0.15, 0.2) is 0 Å². The van der Waals surface area contributed by atoms with Crippen LogP contribution in [0.2, 0.25) is 0 Å². The molecule has 4 heteroatoms. The maximum Gasteiger partial charge on any atom is 0.228 e. The van der Waals surface area contributed by atoms with Gasteiger partial charge in [-0.15, -0.1) is 0 Å². The SMILES string of the molecule is Cc1cc(NC(=O)Cc2cccnc2)c(C)cc1O. The second kappa shape index (κ2) is 5.52. The summed E-state index contributed by atoms with van der Waals surface area (Å²) in [6.07, 6.45) is 3.64. The fraction of sp³-hybridized carbons (Fsp3) is 0.200. The van der Waals surface area contributed by atoms with E-state index < -0.39 is 0 Å². The third-order valence-electron chi connectivity index (χ3n) is 2.90. The number of rotatable bonds is 3. The first-order valence-corrected chi connectivity index (χ1v) is 6.05. The van der Waals surface area contributed by atoms with Crippen molar-refractivity contribution < 1.29 is 9.90 Å². The summed E-state index contributed by atoms with van der Waals surface area (Å²) >= 11 is 0. The lowest BCUT2D eigenvalue weighted by Gasteiger charge is -2.10. The molecule has 0 radical (unpaired) electrons. The van der Waals surface area contributed by atoms with Crippen LogP contribution in [0.25, 0.3) is 0 Å². The Labute approximate surface area is 112 Å². The van der Waals surface area contributed by atoms with E-state index >= 15 is 0 Å². The van der Waals surface area contributed by atoms with Crippen molar-refractivity contribution in [3.63, 3.8) is 0 Å². The van der Waals surface area contributed by atoms with Crippen molar-refractivity contribution in [1.82, 2.24) is 4.98 Å². The van der Waals surface area contributed by atoms with Crippen LogP contribution in [0, 0.1) is 13.8 Å². The monoisotopic (exact) mass is 256 g/mol. The Bertz CT molecular complexity index is 595. The Kier molecular flexibility index (Phi) is 3.80. The number of amides is 1. The standard InChI is InChI=1S/C15H16N2O2/c1-10-7-14(18)11(2)6-13(10)17-15(19)8-12-4-3-5-16-9-12/h3-7,9,18H,8H2,1-2H3,(H,17,19). The Hall–Kier alpha value is -2.36. The highest BCUT2D eigenvalue weighted by molar-refractivity contribution is 5.93. The normalized spacial score (nSPS) is 10.2. The van der Waals surface area contributed by atoms with Gasteiger partial charge in [0.25, 0.3) is 0 Å². The molecule has 0 saturated carbocycles. The molecule has 1 amide bonds. The van der Waals surface area contributed by atoms with Crippen LogP contribution in [0.5, 0.6) is 5.75 Å². The topological polar surface area (TPSA) is 62.2 Å². The Morgan fingerprint density at radius 3 is 2.79 bits per heavy atom. The Morgan fingerprint density at radius 1 is 1.32 bits per heavy atom. The molecule has 0 spiro atoms. The van der Waals surface area contributed by atoms with Gasteiger partial charge >= 0.3 is 0 Å². The summed E-state index contributed by atoms with van der Waals surface area (Å²) in [7, 11) is 0. The summed E-state index contributed by atoms with van der Waals surface area (Å²) in [6, 6.07) is 7.08. The molecule has 4 nitrogen and oxygen atoms in total. The number of phenols is 1. The maximum absolute atomic E-state index is 11.9. The molecular formula is C15H16N2O2. The number of aromatic nitrogens is 1. The number of carbonyl (C=O) groups is 1. The molecule has 1 aromatic heterocycles. The minimum absolute atomic E-state index is 0.0961. The average molecular weight is 256 g/mol. The number of nitrogens with one attached hydrogen (secondary N) is 1. The third-order valence-corrected chi connectivity index (χ3v) is 2.90. The largest absolute Gasteiger partial charge is 0.508 e. The van der Waals surface area contributed by atoms with Crippen molar-refractivity contribution in [3.8, 4) is 5.75 Å². The molecule has 2 N–H and O–H groups in total. The van der Waals surface area contributed by atoms with E-state index in [2.05, 4.69) is 10.3 Å². The molecule has 98 valence electrons. The predicted octanol–water partition coefficient (Wildman–Crippen LogP) is 2.59. The number of aryl methyl sites for hydroxylation is 2. The Morgan fingerprint density at radius 2 is 2.11 bits per heavy atom. The number of aromatic hydroxyl groups is 1. The fourth-order valence-corrected chi connectivity index (χ4v) is 1.82. The molecule has 0 aliphatic heterocycles. The van der Waals surface area contributed by atoms with E-state index in [1.807, 2.05) is 13.0 Å². The van der Waals surface area contributed by atoms with Crippen LogP contribution >= 0.6 is 0 Å². The second-order valence-electron chi connectivity index (χ2n) is 4.54. The van der Waals surface area contributed by atoms with Gasteiger partial charge in [-0.1, -0.05) is 6.07 Å². The van der Waals surface area contributed by atoms with Crippen LogP contribution < -0.4 is 5.32 Å². The maximum atomic E-state index is 11.9. The number of anilines is 1. The number of hydrogen-bond donors (Lipinski definition) is 2. The first kappa shape index (κ1) is 13.1. The van der Waals surface area contributed by atoms with Gasteiger partial charge < -0.3 is 10.4 Å². The minimum Gasteiger partial charge on any atom is -0.508 e. The van der Waals surface area contributed by atoms with Crippen LogP contribution in [0.4, 0.5) is 5.69 Å². The molecule has 19 heavy (non-hydrogen) atoms. The molecule has 0 atom stereocenters. The highest BCUT2D eigenvalue weighted by Crippen LogP contribution is 2.25. The van der Waals surface area contributed by atoms with Gasteiger partial charge in [-0.2, -0.15) is 0 Å². The molecule has 0 unspecified atom stereocenters. The van der Waals surface area contributed by atoms with E-state index in [1.165, 1.54) is 0 Å². The molecule has 0 fully saturated rings. The van der Waals surface area contributed by atoms with E-state index in [0.717, 1.165) is 22.4 Å². The molecule has 2 aromatic rings. The van der Waals surface area contributed by atoms with Crippen LogP contribution in [0.3, 0.4) is 0 Å². The predicted molar refractivity (Wildman–Crippen MR) is 74.2 cm³/mol. The molecule has 0 bridgehead atoms. The zero-order chi connectivity index (χ0) is 13.8. The van der Waals surface area contributed by atoms with Crippen molar-refractivity contribution in [2.24, 2.45) is 0 Å². The van der Waals surface area contributed by atoms with Crippen molar-refractivity contribution >= 4 is 11.6 Å². The smallest absolute Gasteiger partial charge is 0.228 e. The van der Waals surface area contributed by atoms with E-state index in [4.69, 9.17) is 0 Å². The quantitative estimate of drug-likeness (QED) is 0.830. The highest BCUT2D eigenvalue weighted by Gasteiger charge is 2.08. The van der Waals surface area contributed by atoms with Crippen LogP contribution in [-0.2, 0) is 11.2 Å². The number of nitrogens with zero attached hydrogens (tertiary/aromatic N) is 1. The highest BCUT2D eigenvalue weighted by atomic mass is 16.3. The number of hydrogen-bond acceptors (Lipinski definition) is 3. The molecule has 2 rings (SSSR count). The van der Waals surface area contributed by atoms with Crippen molar-refractivity contribution in [3.05, 3.63) is 53.3 Å². The zero-order valence-electron chi connectivity index (χ0n) is 11.0. The summed E-state index contributed by atoms with van der Waals surface area (Å²) in [5, 5.41) is 12.4. The van der Waals surface area contributed by atoms with Gasteiger partial charge in [-0.05, 0) is 48.7 Å². The fourth-order valence-electron chi connectivity index (χ4n) is 1.82. The first-order chi connectivity index (χ1) is 9.06. The Balaban J connectivity index is 2.09. The lowest BCUT2D eigenvalue weighted by molar-refractivity contribution is -0.115. The van der Waals surface area contributed by atoms with E-state index in [9.17, 15) is 9.90 Å². The van der Waals surface area contributed by atoms with Gasteiger partial charge in [-0.25, -0.2) is 0 Å². The first-order valence-electron chi connectivity index (χ1n) is 6.05. The van der Waals surface area contributed by atoms with Gasteiger partial charge in [0, 0.05) is 18.1 Å². The van der Waals surface area contributed by atoms with E-state index in [-0.39, 0.29) is 18.1 Å². The number of benzene rings is 1. The summed E-state index contributed by atoms with van der Waals surface area (Å²) in [6.45, 7) is 3.64. The van der Waals surface area contributed by atoms with Gasteiger partial charge in [0.1, 0.15) is 5.75 Å². The summed E-state index contributed by atoms with van der Waals surface area (Å²) in [4.78, 5) is 15.9. The minimum atomic E-state index is -0.0961. The summed E-state index contributed by atoms with van der Waals surface area (Å²) in [5.41, 5.74) is 3.17.